The highest BCUT2D eigenvalue weighted by atomic mass is 35.5. The highest BCUT2D eigenvalue weighted by molar-refractivity contribution is 7.13. The van der Waals surface area contributed by atoms with Gasteiger partial charge >= 0.3 is 5.97 Å². The van der Waals surface area contributed by atoms with Crippen LogP contribution in [0.25, 0.3) is 0 Å². The van der Waals surface area contributed by atoms with E-state index in [4.69, 9.17) is 4.74 Å². The Morgan fingerprint density at radius 1 is 1.57 bits per heavy atom. The standard InChI is InChI=1S/C7H11N3O2S.ClH/c1-3-12-7(11)6-10-9-5(13-6)4-8-2;/h8H,3-4H2,1-2H3;1H. The number of carbonyl (C=O) groups is 1. The molecule has 0 aliphatic carbocycles. The highest BCUT2D eigenvalue weighted by Gasteiger charge is 2.12. The zero-order valence-electron chi connectivity index (χ0n) is 7.94. The Labute approximate surface area is 92.3 Å². The molecule has 14 heavy (non-hydrogen) atoms. The topological polar surface area (TPSA) is 64.1 Å². The van der Waals surface area contributed by atoms with Crippen LogP contribution >= 0.6 is 23.7 Å². The molecule has 0 spiro atoms. The Bertz CT molecular complexity index is 292. The van der Waals surface area contributed by atoms with Gasteiger partial charge in [-0.3, -0.25) is 0 Å². The molecule has 1 aromatic rings. The lowest BCUT2D eigenvalue weighted by Crippen LogP contribution is -2.04. The lowest BCUT2D eigenvalue weighted by molar-refractivity contribution is 0.0525. The number of esters is 1. The number of nitrogens with one attached hydrogen (secondary N) is 1. The van der Waals surface area contributed by atoms with Crippen molar-refractivity contribution in [2.75, 3.05) is 13.7 Å². The second kappa shape index (κ2) is 6.69. The van der Waals surface area contributed by atoms with E-state index in [1.165, 1.54) is 11.3 Å². The predicted molar refractivity (Wildman–Crippen MR) is 55.9 cm³/mol. The van der Waals surface area contributed by atoms with Crippen molar-refractivity contribution in [2.24, 2.45) is 0 Å². The van der Waals surface area contributed by atoms with Gasteiger partial charge in [0, 0.05) is 6.54 Å². The number of hydrogen-bond donors (Lipinski definition) is 1. The third kappa shape index (κ3) is 3.57. The Kier molecular flexibility index (Phi) is 6.35. The van der Waals surface area contributed by atoms with E-state index in [2.05, 4.69) is 15.5 Å². The quantitative estimate of drug-likeness (QED) is 0.787. The van der Waals surface area contributed by atoms with Crippen molar-refractivity contribution >= 4 is 29.7 Å². The molecule has 1 aromatic heterocycles. The molecule has 1 heterocycles. The van der Waals surface area contributed by atoms with Crippen molar-refractivity contribution in [3.63, 3.8) is 0 Å². The van der Waals surface area contributed by atoms with E-state index in [1.807, 2.05) is 7.05 Å². The van der Waals surface area contributed by atoms with Crippen molar-refractivity contribution < 1.29 is 9.53 Å². The van der Waals surface area contributed by atoms with Gasteiger partial charge in [0.1, 0.15) is 5.01 Å². The van der Waals surface area contributed by atoms with Gasteiger partial charge in [-0.25, -0.2) is 4.79 Å². The molecule has 0 fully saturated rings. The summed E-state index contributed by atoms with van der Waals surface area (Å²) in [7, 11) is 1.81. The average Bonchev–Trinajstić information content (AvgIpc) is 2.54. The number of carbonyl (C=O) groups excluding carboxylic acids is 1. The molecule has 7 heteroatoms. The van der Waals surface area contributed by atoms with E-state index in [0.29, 0.717) is 18.2 Å². The van der Waals surface area contributed by atoms with Crippen LogP contribution in [0.1, 0.15) is 21.7 Å². The molecule has 0 saturated heterocycles. The van der Waals surface area contributed by atoms with E-state index in [9.17, 15) is 4.79 Å². The van der Waals surface area contributed by atoms with Crippen molar-refractivity contribution in [2.45, 2.75) is 13.5 Å². The van der Waals surface area contributed by atoms with Crippen LogP contribution in [-0.2, 0) is 11.3 Å². The van der Waals surface area contributed by atoms with Gasteiger partial charge < -0.3 is 10.1 Å². The third-order valence-corrected chi connectivity index (χ3v) is 2.15. The van der Waals surface area contributed by atoms with Gasteiger partial charge in [0.2, 0.25) is 5.01 Å². The van der Waals surface area contributed by atoms with Gasteiger partial charge in [0.25, 0.3) is 0 Å². The number of halogens is 1. The molecule has 0 radical (unpaired) electrons. The summed E-state index contributed by atoms with van der Waals surface area (Å²) in [6.45, 7) is 2.74. The summed E-state index contributed by atoms with van der Waals surface area (Å²) >= 11 is 1.25. The lowest BCUT2D eigenvalue weighted by Gasteiger charge is -1.94. The third-order valence-electron chi connectivity index (χ3n) is 1.24. The minimum Gasteiger partial charge on any atom is -0.461 e. The first-order chi connectivity index (χ1) is 6.27. The van der Waals surface area contributed by atoms with Gasteiger partial charge in [-0.1, -0.05) is 11.3 Å². The molecule has 1 N–H and O–H groups in total. The fraction of sp³-hybridized carbons (Fsp3) is 0.571. The first-order valence-corrected chi connectivity index (χ1v) is 4.73. The smallest absolute Gasteiger partial charge is 0.369 e. The van der Waals surface area contributed by atoms with Gasteiger partial charge in [0.15, 0.2) is 0 Å². The molecule has 80 valence electrons. The summed E-state index contributed by atoms with van der Waals surface area (Å²) < 4.78 is 4.77. The van der Waals surface area contributed by atoms with E-state index < -0.39 is 5.97 Å². The van der Waals surface area contributed by atoms with Crippen molar-refractivity contribution in [3.05, 3.63) is 10.0 Å². The summed E-state index contributed by atoms with van der Waals surface area (Å²) in [6, 6.07) is 0. The molecule has 5 nitrogen and oxygen atoms in total. The maximum absolute atomic E-state index is 11.1. The molecule has 0 atom stereocenters. The summed E-state index contributed by atoms with van der Waals surface area (Å²) in [5, 5.41) is 11.5. The van der Waals surface area contributed by atoms with Crippen LogP contribution < -0.4 is 5.32 Å². The van der Waals surface area contributed by atoms with Crippen LogP contribution in [0.5, 0.6) is 0 Å². The maximum Gasteiger partial charge on any atom is 0.369 e. The zero-order valence-corrected chi connectivity index (χ0v) is 9.57. The molecule has 0 unspecified atom stereocenters. The highest BCUT2D eigenvalue weighted by Crippen LogP contribution is 2.10. The summed E-state index contributed by atoms with van der Waals surface area (Å²) in [4.78, 5) is 11.1. The lowest BCUT2D eigenvalue weighted by atomic mass is 10.7. The van der Waals surface area contributed by atoms with E-state index in [0.717, 1.165) is 5.01 Å². The number of nitrogens with zero attached hydrogens (tertiary/aromatic N) is 2. The van der Waals surface area contributed by atoms with Crippen LogP contribution in [0, 0.1) is 0 Å². The number of rotatable bonds is 4. The van der Waals surface area contributed by atoms with E-state index in [1.54, 1.807) is 6.92 Å². The van der Waals surface area contributed by atoms with E-state index >= 15 is 0 Å². The molecule has 0 amide bonds. The largest absolute Gasteiger partial charge is 0.461 e. The molecular formula is C7H12ClN3O2S. The van der Waals surface area contributed by atoms with Crippen molar-refractivity contribution in [3.8, 4) is 0 Å². The first kappa shape index (κ1) is 13.3. The fourth-order valence-corrected chi connectivity index (χ4v) is 1.50. The fourth-order valence-electron chi connectivity index (χ4n) is 0.752. The van der Waals surface area contributed by atoms with Gasteiger partial charge in [0.05, 0.1) is 6.61 Å². The molecule has 1 rings (SSSR count). The summed E-state index contributed by atoms with van der Waals surface area (Å²) in [5.74, 6) is -0.401. The van der Waals surface area contributed by atoms with Crippen LogP contribution in [0.4, 0.5) is 0 Å². The Morgan fingerprint density at radius 3 is 2.86 bits per heavy atom. The van der Waals surface area contributed by atoms with Crippen molar-refractivity contribution in [1.82, 2.24) is 15.5 Å². The minimum absolute atomic E-state index is 0. The van der Waals surface area contributed by atoms with Gasteiger partial charge in [-0.2, -0.15) is 0 Å². The molecule has 0 saturated carbocycles. The maximum atomic E-state index is 11.1. The molecule has 0 aliphatic heterocycles. The second-order valence-corrected chi connectivity index (χ2v) is 3.31. The van der Waals surface area contributed by atoms with Crippen LogP contribution in [-0.4, -0.2) is 29.8 Å². The second-order valence-electron chi connectivity index (χ2n) is 2.25. The number of hydrogen-bond acceptors (Lipinski definition) is 6. The normalized spacial score (nSPS) is 9.29. The van der Waals surface area contributed by atoms with E-state index in [-0.39, 0.29) is 12.4 Å². The van der Waals surface area contributed by atoms with Gasteiger partial charge in [-0.05, 0) is 14.0 Å². The minimum atomic E-state index is -0.401. The zero-order chi connectivity index (χ0) is 9.68. The van der Waals surface area contributed by atoms with Crippen LogP contribution in [0.15, 0.2) is 0 Å². The monoisotopic (exact) mass is 237 g/mol. The molecule has 0 aromatic carbocycles. The van der Waals surface area contributed by atoms with Crippen molar-refractivity contribution in [1.29, 1.82) is 0 Å². The Morgan fingerprint density at radius 2 is 2.29 bits per heavy atom. The van der Waals surface area contributed by atoms with Crippen LogP contribution in [0.2, 0.25) is 0 Å². The molecule has 0 aliphatic rings. The first-order valence-electron chi connectivity index (χ1n) is 3.92. The SMILES string of the molecule is CCOC(=O)c1nnc(CNC)s1.Cl. The average molecular weight is 238 g/mol. The molecular weight excluding hydrogens is 226 g/mol. The predicted octanol–water partition coefficient (Wildman–Crippen LogP) is 0.856. The molecule has 0 bridgehead atoms. The van der Waals surface area contributed by atoms with Gasteiger partial charge in [-0.15, -0.1) is 22.6 Å². The Balaban J connectivity index is 0.00000169. The Hall–Kier alpha value is -0.720. The van der Waals surface area contributed by atoms with Crippen LogP contribution in [0.3, 0.4) is 0 Å². The summed E-state index contributed by atoms with van der Waals surface area (Å²) in [6.07, 6.45) is 0. The number of aromatic nitrogens is 2. The number of ether oxygens (including phenoxy) is 1. The summed E-state index contributed by atoms with van der Waals surface area (Å²) in [5.41, 5.74) is 0.